The Bertz CT molecular complexity index is 680. The van der Waals surface area contributed by atoms with Crippen molar-refractivity contribution in [2.45, 2.75) is 62.9 Å². The van der Waals surface area contributed by atoms with E-state index in [1.165, 1.54) is 31.7 Å². The maximum absolute atomic E-state index is 13.6. The van der Waals surface area contributed by atoms with Crippen molar-refractivity contribution >= 4 is 29.9 Å². The van der Waals surface area contributed by atoms with E-state index in [4.69, 9.17) is 4.74 Å². The van der Waals surface area contributed by atoms with Crippen molar-refractivity contribution in [1.82, 2.24) is 10.2 Å². The predicted octanol–water partition coefficient (Wildman–Crippen LogP) is 4.72. The monoisotopic (exact) mass is 515 g/mol. The smallest absolute Gasteiger partial charge is 0.193 e. The van der Waals surface area contributed by atoms with E-state index in [9.17, 15) is 4.39 Å². The number of likely N-dealkylation sites (tertiary alicyclic amines) is 1. The van der Waals surface area contributed by atoms with Gasteiger partial charge >= 0.3 is 0 Å². The summed E-state index contributed by atoms with van der Waals surface area (Å²) >= 11 is 0. The molecular formula is C23H35FIN3O. The van der Waals surface area contributed by atoms with E-state index in [0.29, 0.717) is 6.10 Å². The molecule has 4 rings (SSSR count). The third-order valence-corrected chi connectivity index (χ3v) is 6.87. The van der Waals surface area contributed by atoms with Gasteiger partial charge in [0.25, 0.3) is 0 Å². The maximum atomic E-state index is 13.6. The number of hydrogen-bond donors (Lipinski definition) is 1. The highest BCUT2D eigenvalue weighted by Gasteiger charge is 2.44. The lowest BCUT2D eigenvalue weighted by Crippen LogP contribution is -2.48. The number of nitrogens with one attached hydrogen (secondary N) is 1. The summed E-state index contributed by atoms with van der Waals surface area (Å²) in [5.41, 5.74) is 1.18. The van der Waals surface area contributed by atoms with Crippen LogP contribution in [0.4, 0.5) is 4.39 Å². The highest BCUT2D eigenvalue weighted by atomic mass is 127. The lowest BCUT2D eigenvalue weighted by molar-refractivity contribution is 0.00101. The highest BCUT2D eigenvalue weighted by Crippen LogP contribution is 2.47. The Balaban J connectivity index is 0.00000240. The number of guanidine groups is 1. The van der Waals surface area contributed by atoms with Crippen molar-refractivity contribution in [3.8, 4) is 0 Å². The zero-order valence-corrected chi connectivity index (χ0v) is 19.9. The fourth-order valence-corrected chi connectivity index (χ4v) is 4.80. The van der Waals surface area contributed by atoms with Gasteiger partial charge in [-0.2, -0.15) is 0 Å². The van der Waals surface area contributed by atoms with Crippen molar-refractivity contribution in [2.75, 3.05) is 33.3 Å². The molecule has 0 spiro atoms. The largest absolute Gasteiger partial charge is 0.378 e. The molecule has 0 atom stereocenters. The number of rotatable bonds is 6. The number of aliphatic imine (C=N–C) groups is 1. The van der Waals surface area contributed by atoms with Crippen LogP contribution in [0, 0.1) is 11.7 Å². The SMILES string of the molecule is CN=C(NCC1(c2cccc(F)c2)CC1)N1CCC(OCC2CCCC2)CC1.I. The number of ether oxygens (including phenoxy) is 1. The molecule has 0 aromatic heterocycles. The van der Waals surface area contributed by atoms with E-state index in [1.54, 1.807) is 6.07 Å². The number of benzene rings is 1. The molecule has 6 heteroatoms. The fourth-order valence-electron chi connectivity index (χ4n) is 4.80. The minimum absolute atomic E-state index is 0. The second kappa shape index (κ2) is 10.4. The molecular weight excluding hydrogens is 480 g/mol. The van der Waals surface area contributed by atoms with Crippen LogP contribution in [-0.4, -0.2) is 50.3 Å². The zero-order chi connectivity index (χ0) is 19.4. The third-order valence-electron chi connectivity index (χ3n) is 6.87. The fraction of sp³-hybridized carbons (Fsp3) is 0.696. The Hall–Kier alpha value is -0.890. The van der Waals surface area contributed by atoms with Crippen molar-refractivity contribution in [1.29, 1.82) is 0 Å². The summed E-state index contributed by atoms with van der Waals surface area (Å²) in [5, 5.41) is 3.56. The van der Waals surface area contributed by atoms with Crippen LogP contribution in [0.5, 0.6) is 0 Å². The van der Waals surface area contributed by atoms with Crippen LogP contribution >= 0.6 is 24.0 Å². The van der Waals surface area contributed by atoms with Gasteiger partial charge in [-0.25, -0.2) is 4.39 Å². The minimum Gasteiger partial charge on any atom is -0.378 e. The van der Waals surface area contributed by atoms with Gasteiger partial charge in [0, 0.05) is 38.7 Å². The Kier molecular flexibility index (Phi) is 8.19. The number of nitrogens with zero attached hydrogens (tertiary/aromatic N) is 2. The van der Waals surface area contributed by atoms with Gasteiger partial charge in [-0.1, -0.05) is 25.0 Å². The lowest BCUT2D eigenvalue weighted by atomic mass is 9.96. The second-order valence-corrected chi connectivity index (χ2v) is 8.86. The van der Waals surface area contributed by atoms with Crippen molar-refractivity contribution < 1.29 is 9.13 Å². The van der Waals surface area contributed by atoms with Gasteiger partial charge in [0.1, 0.15) is 5.82 Å². The number of piperidine rings is 1. The summed E-state index contributed by atoms with van der Waals surface area (Å²) in [6.07, 6.45) is 10.2. The standard InChI is InChI=1S/C23H34FN3O.HI/c1-25-22(26-17-23(11-12-23)19-7-4-8-20(24)15-19)27-13-9-21(10-14-27)28-16-18-5-2-3-6-18;/h4,7-8,15,18,21H,2-3,5-6,9-14,16-17H2,1H3,(H,25,26);1H. The van der Waals surface area contributed by atoms with E-state index in [1.807, 2.05) is 19.2 Å². The Morgan fingerprint density at radius 3 is 2.55 bits per heavy atom. The van der Waals surface area contributed by atoms with Gasteiger partial charge in [-0.15, -0.1) is 24.0 Å². The molecule has 3 aliphatic rings. The summed E-state index contributed by atoms with van der Waals surface area (Å²) in [4.78, 5) is 6.85. The van der Waals surface area contributed by atoms with Crippen LogP contribution in [0.15, 0.2) is 29.3 Å². The first-order chi connectivity index (χ1) is 13.7. The third kappa shape index (κ3) is 5.84. The normalized spacial score (nSPS) is 22.4. The Morgan fingerprint density at radius 2 is 1.93 bits per heavy atom. The molecule has 0 unspecified atom stereocenters. The van der Waals surface area contributed by atoms with Gasteiger partial charge in [-0.05, 0) is 62.1 Å². The van der Waals surface area contributed by atoms with Crippen molar-refractivity contribution in [3.63, 3.8) is 0 Å². The first-order valence-electron chi connectivity index (χ1n) is 11.0. The van der Waals surface area contributed by atoms with E-state index < -0.39 is 0 Å². The van der Waals surface area contributed by atoms with Crippen LogP contribution < -0.4 is 5.32 Å². The van der Waals surface area contributed by atoms with Crippen molar-refractivity contribution in [3.05, 3.63) is 35.6 Å². The molecule has 3 fully saturated rings. The molecule has 1 N–H and O–H groups in total. The quantitative estimate of drug-likeness (QED) is 0.339. The summed E-state index contributed by atoms with van der Waals surface area (Å²) in [7, 11) is 1.85. The molecule has 1 aromatic rings. The predicted molar refractivity (Wildman–Crippen MR) is 127 cm³/mol. The molecule has 1 aliphatic heterocycles. The molecule has 162 valence electrons. The molecule has 4 nitrogen and oxygen atoms in total. The van der Waals surface area contributed by atoms with Crippen molar-refractivity contribution in [2.24, 2.45) is 10.9 Å². The summed E-state index contributed by atoms with van der Waals surface area (Å²) in [5.74, 6) is 1.62. The lowest BCUT2D eigenvalue weighted by Gasteiger charge is -2.35. The van der Waals surface area contributed by atoms with Gasteiger partial charge in [0.2, 0.25) is 0 Å². The summed E-state index contributed by atoms with van der Waals surface area (Å²) < 4.78 is 19.8. The Morgan fingerprint density at radius 1 is 1.21 bits per heavy atom. The summed E-state index contributed by atoms with van der Waals surface area (Å²) in [6, 6.07) is 7.07. The molecule has 2 aliphatic carbocycles. The molecule has 0 radical (unpaired) electrons. The number of hydrogen-bond acceptors (Lipinski definition) is 2. The molecule has 1 saturated heterocycles. The van der Waals surface area contributed by atoms with E-state index in [-0.39, 0.29) is 35.2 Å². The average molecular weight is 515 g/mol. The molecule has 0 amide bonds. The molecule has 0 bridgehead atoms. The van der Waals surface area contributed by atoms with Gasteiger partial charge < -0.3 is 15.0 Å². The topological polar surface area (TPSA) is 36.9 Å². The molecule has 2 saturated carbocycles. The van der Waals surface area contributed by atoms with Gasteiger partial charge in [0.05, 0.1) is 6.10 Å². The van der Waals surface area contributed by atoms with Gasteiger partial charge in [-0.3, -0.25) is 4.99 Å². The summed E-state index contributed by atoms with van der Waals surface area (Å²) in [6.45, 7) is 3.75. The Labute approximate surface area is 191 Å². The van der Waals surface area contributed by atoms with E-state index in [2.05, 4.69) is 15.2 Å². The zero-order valence-electron chi connectivity index (χ0n) is 17.5. The minimum atomic E-state index is -0.146. The molecule has 1 heterocycles. The second-order valence-electron chi connectivity index (χ2n) is 8.86. The van der Waals surface area contributed by atoms with Crippen LogP contribution in [0.3, 0.4) is 0 Å². The van der Waals surface area contributed by atoms with Crippen LogP contribution in [-0.2, 0) is 10.2 Å². The van der Waals surface area contributed by atoms with E-state index in [0.717, 1.165) is 69.4 Å². The first-order valence-corrected chi connectivity index (χ1v) is 11.0. The average Bonchev–Trinajstić information content (AvgIpc) is 3.33. The van der Waals surface area contributed by atoms with Crippen LogP contribution in [0.2, 0.25) is 0 Å². The highest BCUT2D eigenvalue weighted by molar-refractivity contribution is 14.0. The van der Waals surface area contributed by atoms with E-state index >= 15 is 0 Å². The van der Waals surface area contributed by atoms with Crippen LogP contribution in [0.25, 0.3) is 0 Å². The molecule has 1 aromatic carbocycles. The molecule has 29 heavy (non-hydrogen) atoms. The van der Waals surface area contributed by atoms with Gasteiger partial charge in [0.15, 0.2) is 5.96 Å². The first kappa shape index (κ1) is 22.8. The number of halogens is 2. The maximum Gasteiger partial charge on any atom is 0.193 e. The van der Waals surface area contributed by atoms with Crippen LogP contribution in [0.1, 0.15) is 56.9 Å².